The maximum absolute atomic E-state index is 4.59. The summed E-state index contributed by atoms with van der Waals surface area (Å²) in [6.45, 7) is 4.18. The highest BCUT2D eigenvalue weighted by Crippen LogP contribution is 2.25. The molecule has 0 bridgehead atoms. The molecule has 0 N–H and O–H groups in total. The molecule has 1 aliphatic heterocycles. The lowest BCUT2D eigenvalue weighted by atomic mass is 10.0. The Bertz CT molecular complexity index is 498. The van der Waals surface area contributed by atoms with Gasteiger partial charge in [0, 0.05) is 37.2 Å². The van der Waals surface area contributed by atoms with E-state index in [1.54, 1.807) is 0 Å². The monoisotopic (exact) mass is 242 g/mol. The predicted octanol–water partition coefficient (Wildman–Crippen LogP) is 2.43. The Morgan fingerprint density at radius 3 is 2.72 bits per heavy atom. The first-order chi connectivity index (χ1) is 8.83. The average molecular weight is 242 g/mol. The molecule has 1 saturated heterocycles. The van der Waals surface area contributed by atoms with Gasteiger partial charge in [0.1, 0.15) is 5.82 Å². The maximum atomic E-state index is 4.59. The number of nitrogens with zero attached hydrogens (tertiary/aromatic N) is 4. The van der Waals surface area contributed by atoms with Crippen LogP contribution in [0, 0.1) is 6.92 Å². The van der Waals surface area contributed by atoms with Crippen molar-refractivity contribution in [2.24, 2.45) is 0 Å². The van der Waals surface area contributed by atoms with Crippen LogP contribution in [0.25, 0.3) is 0 Å². The summed E-state index contributed by atoms with van der Waals surface area (Å²) in [5.41, 5.74) is 1.09. The Morgan fingerprint density at radius 1 is 1.22 bits per heavy atom. The molecular formula is C14H18N4. The van der Waals surface area contributed by atoms with Crippen LogP contribution in [-0.2, 0) is 0 Å². The highest BCUT2D eigenvalue weighted by molar-refractivity contribution is 5.39. The second kappa shape index (κ2) is 4.80. The first-order valence-electron chi connectivity index (χ1n) is 6.49. The third-order valence-corrected chi connectivity index (χ3v) is 3.61. The molecule has 4 heteroatoms. The van der Waals surface area contributed by atoms with E-state index < -0.39 is 0 Å². The quantitative estimate of drug-likeness (QED) is 0.811. The lowest BCUT2D eigenvalue weighted by Crippen LogP contribution is -2.35. The van der Waals surface area contributed by atoms with Crippen molar-refractivity contribution in [2.45, 2.75) is 25.8 Å². The number of piperidine rings is 1. The Labute approximate surface area is 107 Å². The molecule has 0 aromatic carbocycles. The Hall–Kier alpha value is -1.84. The Kier molecular flexibility index (Phi) is 3.00. The summed E-state index contributed by atoms with van der Waals surface area (Å²) in [4.78, 5) is 11.1. The molecule has 0 radical (unpaired) electrons. The zero-order chi connectivity index (χ0) is 12.4. The van der Waals surface area contributed by atoms with Crippen LogP contribution in [-0.4, -0.2) is 27.6 Å². The summed E-state index contributed by atoms with van der Waals surface area (Å²) in [5, 5.41) is 0. The molecule has 0 atom stereocenters. The van der Waals surface area contributed by atoms with Crippen LogP contribution in [0.15, 0.2) is 36.9 Å². The van der Waals surface area contributed by atoms with E-state index in [0.29, 0.717) is 6.04 Å². The van der Waals surface area contributed by atoms with Gasteiger partial charge in [-0.15, -0.1) is 0 Å². The topological polar surface area (TPSA) is 34.0 Å². The van der Waals surface area contributed by atoms with Crippen LogP contribution in [0.4, 0.5) is 5.82 Å². The summed E-state index contributed by atoms with van der Waals surface area (Å²) < 4.78 is 2.22. The summed E-state index contributed by atoms with van der Waals surface area (Å²) in [6.07, 6.45) is 8.16. The number of imidazole rings is 1. The van der Waals surface area contributed by atoms with Gasteiger partial charge in [0.15, 0.2) is 0 Å². The number of aryl methyl sites for hydroxylation is 1. The van der Waals surface area contributed by atoms with E-state index in [0.717, 1.165) is 37.4 Å². The van der Waals surface area contributed by atoms with Crippen molar-refractivity contribution >= 4 is 5.82 Å². The van der Waals surface area contributed by atoms with Crippen LogP contribution in [0.2, 0.25) is 0 Å². The van der Waals surface area contributed by atoms with Gasteiger partial charge in [-0.25, -0.2) is 9.97 Å². The molecule has 2 aromatic rings. The second-order valence-electron chi connectivity index (χ2n) is 4.87. The molecule has 0 spiro atoms. The van der Waals surface area contributed by atoms with Crippen LogP contribution in [0.5, 0.6) is 0 Å². The fourth-order valence-corrected chi connectivity index (χ4v) is 2.58. The van der Waals surface area contributed by atoms with Gasteiger partial charge in [-0.2, -0.15) is 0 Å². The molecule has 1 aliphatic rings. The molecule has 4 nitrogen and oxygen atoms in total. The molecule has 94 valence electrons. The minimum absolute atomic E-state index is 0.591. The van der Waals surface area contributed by atoms with E-state index in [9.17, 15) is 0 Å². The maximum Gasteiger partial charge on any atom is 0.128 e. The third-order valence-electron chi connectivity index (χ3n) is 3.61. The highest BCUT2D eigenvalue weighted by atomic mass is 15.2. The Balaban J connectivity index is 1.67. The van der Waals surface area contributed by atoms with Gasteiger partial charge in [-0.1, -0.05) is 6.07 Å². The molecule has 0 amide bonds. The van der Waals surface area contributed by atoms with Crippen molar-refractivity contribution in [1.82, 2.24) is 14.5 Å². The van der Waals surface area contributed by atoms with Crippen molar-refractivity contribution in [3.05, 3.63) is 42.6 Å². The molecule has 3 heterocycles. The number of rotatable bonds is 2. The second-order valence-corrected chi connectivity index (χ2v) is 4.87. The minimum Gasteiger partial charge on any atom is -0.356 e. The number of anilines is 1. The van der Waals surface area contributed by atoms with E-state index in [1.165, 1.54) is 0 Å². The van der Waals surface area contributed by atoms with Crippen molar-refractivity contribution in [3.63, 3.8) is 0 Å². The van der Waals surface area contributed by atoms with Gasteiger partial charge in [0.2, 0.25) is 0 Å². The largest absolute Gasteiger partial charge is 0.356 e. The van der Waals surface area contributed by atoms with E-state index in [1.807, 2.05) is 25.5 Å². The number of hydrogen-bond donors (Lipinski definition) is 0. The smallest absolute Gasteiger partial charge is 0.128 e. The minimum atomic E-state index is 0.591. The number of hydrogen-bond acceptors (Lipinski definition) is 3. The zero-order valence-corrected chi connectivity index (χ0v) is 10.7. The third kappa shape index (κ3) is 2.23. The molecule has 18 heavy (non-hydrogen) atoms. The zero-order valence-electron chi connectivity index (χ0n) is 10.7. The molecule has 0 saturated carbocycles. The van der Waals surface area contributed by atoms with Crippen LogP contribution < -0.4 is 4.90 Å². The summed E-state index contributed by atoms with van der Waals surface area (Å²) in [7, 11) is 0. The SMILES string of the molecule is Cc1cccc(N2CCC(n3ccnc3)CC2)n1. The fraction of sp³-hybridized carbons (Fsp3) is 0.429. The molecular weight excluding hydrogens is 224 g/mol. The lowest BCUT2D eigenvalue weighted by Gasteiger charge is -2.33. The van der Waals surface area contributed by atoms with Gasteiger partial charge in [0.05, 0.1) is 6.33 Å². The Morgan fingerprint density at radius 2 is 2.06 bits per heavy atom. The van der Waals surface area contributed by atoms with Gasteiger partial charge in [-0.3, -0.25) is 0 Å². The first kappa shape index (κ1) is 11.3. The van der Waals surface area contributed by atoms with Crippen LogP contribution in [0.3, 0.4) is 0 Å². The fourth-order valence-electron chi connectivity index (χ4n) is 2.58. The van der Waals surface area contributed by atoms with E-state index in [-0.39, 0.29) is 0 Å². The lowest BCUT2D eigenvalue weighted by molar-refractivity contribution is 0.394. The van der Waals surface area contributed by atoms with Crippen molar-refractivity contribution < 1.29 is 0 Å². The molecule has 0 aliphatic carbocycles. The standard InChI is InChI=1S/C14H18N4/c1-12-3-2-4-14(16-12)17-8-5-13(6-9-17)18-10-7-15-11-18/h2-4,7,10-11,13H,5-6,8-9H2,1H3. The molecule has 2 aromatic heterocycles. The normalized spacial score (nSPS) is 17.1. The predicted molar refractivity (Wildman–Crippen MR) is 71.7 cm³/mol. The van der Waals surface area contributed by atoms with Crippen LogP contribution in [0.1, 0.15) is 24.6 Å². The van der Waals surface area contributed by atoms with Crippen molar-refractivity contribution in [1.29, 1.82) is 0 Å². The van der Waals surface area contributed by atoms with E-state index in [2.05, 4.69) is 37.8 Å². The average Bonchev–Trinajstić information content (AvgIpc) is 2.93. The van der Waals surface area contributed by atoms with Gasteiger partial charge in [-0.05, 0) is 31.9 Å². The van der Waals surface area contributed by atoms with Gasteiger partial charge in [0.25, 0.3) is 0 Å². The molecule has 0 unspecified atom stereocenters. The van der Waals surface area contributed by atoms with Crippen molar-refractivity contribution in [2.75, 3.05) is 18.0 Å². The first-order valence-corrected chi connectivity index (χ1v) is 6.49. The number of aromatic nitrogens is 3. The summed E-state index contributed by atoms with van der Waals surface area (Å²) in [5.74, 6) is 1.11. The highest BCUT2D eigenvalue weighted by Gasteiger charge is 2.20. The van der Waals surface area contributed by atoms with E-state index in [4.69, 9.17) is 0 Å². The van der Waals surface area contributed by atoms with E-state index >= 15 is 0 Å². The van der Waals surface area contributed by atoms with Crippen molar-refractivity contribution in [3.8, 4) is 0 Å². The van der Waals surface area contributed by atoms with Gasteiger partial charge < -0.3 is 9.47 Å². The number of pyridine rings is 1. The van der Waals surface area contributed by atoms with Crippen LogP contribution >= 0.6 is 0 Å². The molecule has 3 rings (SSSR count). The summed E-state index contributed by atoms with van der Waals surface area (Å²) >= 11 is 0. The molecule has 1 fully saturated rings. The van der Waals surface area contributed by atoms with Gasteiger partial charge >= 0.3 is 0 Å². The summed E-state index contributed by atoms with van der Waals surface area (Å²) in [6, 6.07) is 6.82.